The number of fused-ring (bicyclic) bond motifs is 1. The van der Waals surface area contributed by atoms with Crippen LogP contribution in [0.2, 0.25) is 0 Å². The molecule has 0 N–H and O–H groups in total. The quantitative estimate of drug-likeness (QED) is 0.454. The molecule has 1 aliphatic heterocycles. The second-order valence-electron chi connectivity index (χ2n) is 3.72. The van der Waals surface area contributed by atoms with Crippen molar-refractivity contribution in [3.05, 3.63) is 39.9 Å². The molecule has 0 radical (unpaired) electrons. The van der Waals surface area contributed by atoms with Crippen molar-refractivity contribution in [1.82, 2.24) is 0 Å². The molecule has 0 saturated heterocycles. The molecule has 0 spiro atoms. The fraction of sp³-hybridized carbons (Fsp3) is 0.400. The van der Waals surface area contributed by atoms with Gasteiger partial charge in [0.25, 0.3) is 6.04 Å². The summed E-state index contributed by atoms with van der Waals surface area (Å²) in [6, 6.07) is 5.82. The Balaban J connectivity index is 2.50. The van der Waals surface area contributed by atoms with Crippen molar-refractivity contribution in [3.63, 3.8) is 0 Å². The van der Waals surface area contributed by atoms with Gasteiger partial charge in [-0.1, -0.05) is 53.0 Å². The van der Waals surface area contributed by atoms with Gasteiger partial charge >= 0.3 is 0 Å². The summed E-state index contributed by atoms with van der Waals surface area (Å²) in [7, 11) is 0. The zero-order chi connectivity index (χ0) is 12.6. The zero-order valence-electron chi connectivity index (χ0n) is 8.48. The lowest BCUT2D eigenvalue weighted by Gasteiger charge is -2.32. The minimum atomic E-state index is -1.74. The van der Waals surface area contributed by atoms with Crippen molar-refractivity contribution in [3.8, 4) is 5.75 Å². The molecule has 0 fully saturated rings. The van der Waals surface area contributed by atoms with Gasteiger partial charge in [0, 0.05) is 10.5 Å². The highest BCUT2D eigenvalue weighted by molar-refractivity contribution is 6.68. The van der Waals surface area contributed by atoms with Crippen molar-refractivity contribution in [2.45, 2.75) is 15.8 Å². The number of alkyl halides is 3. The average Bonchev–Trinajstić information content (AvgIpc) is 2.26. The van der Waals surface area contributed by atoms with Gasteiger partial charge in [-0.05, 0) is 6.07 Å². The number of ether oxygens (including phenoxy) is 1. The van der Waals surface area contributed by atoms with Crippen molar-refractivity contribution in [1.29, 1.82) is 0 Å². The maximum absolute atomic E-state index is 11.0. The Morgan fingerprint density at radius 1 is 1.35 bits per heavy atom. The smallest absolute Gasteiger partial charge is 0.257 e. The number of benzene rings is 1. The minimum Gasteiger partial charge on any atom is -0.486 e. The second kappa shape index (κ2) is 4.52. The summed E-state index contributed by atoms with van der Waals surface area (Å²) in [4.78, 5) is 10.5. The van der Waals surface area contributed by atoms with E-state index in [1.54, 1.807) is 24.3 Å². The van der Waals surface area contributed by atoms with Gasteiger partial charge in [0.1, 0.15) is 11.7 Å². The highest BCUT2D eigenvalue weighted by Gasteiger charge is 2.50. The molecule has 2 rings (SSSR count). The SMILES string of the molecule is O=[N+]([O-])[C@@H]1COc2ccccc2[C@H]1C(Cl)(Cl)Cl. The Hall–Kier alpha value is -0.710. The Bertz CT molecular complexity index is 447. The molecule has 0 aromatic heterocycles. The first kappa shape index (κ1) is 12.7. The van der Waals surface area contributed by atoms with Gasteiger partial charge in [-0.15, -0.1) is 0 Å². The lowest BCUT2D eigenvalue weighted by Crippen LogP contribution is -2.42. The molecule has 17 heavy (non-hydrogen) atoms. The maximum atomic E-state index is 11.0. The summed E-state index contributed by atoms with van der Waals surface area (Å²) >= 11 is 17.5. The van der Waals surface area contributed by atoms with Crippen LogP contribution in [-0.4, -0.2) is 21.4 Å². The molecular weight excluding hydrogens is 288 g/mol. The molecule has 2 atom stereocenters. The molecule has 92 valence electrons. The Labute approximate surface area is 113 Å². The van der Waals surface area contributed by atoms with Crippen LogP contribution < -0.4 is 4.74 Å². The predicted molar refractivity (Wildman–Crippen MR) is 65.8 cm³/mol. The first-order chi connectivity index (χ1) is 7.91. The van der Waals surface area contributed by atoms with E-state index in [4.69, 9.17) is 39.5 Å². The molecule has 4 nitrogen and oxygen atoms in total. The van der Waals surface area contributed by atoms with Crippen LogP contribution in [-0.2, 0) is 0 Å². The van der Waals surface area contributed by atoms with Crippen LogP contribution in [0, 0.1) is 10.1 Å². The lowest BCUT2D eigenvalue weighted by atomic mass is 9.90. The number of nitro groups is 1. The maximum Gasteiger partial charge on any atom is 0.257 e. The van der Waals surface area contributed by atoms with Crippen LogP contribution in [0.25, 0.3) is 0 Å². The average molecular weight is 297 g/mol. The third-order valence-corrected chi connectivity index (χ3v) is 3.38. The lowest BCUT2D eigenvalue weighted by molar-refractivity contribution is -0.530. The normalized spacial score (nSPS) is 23.7. The summed E-state index contributed by atoms with van der Waals surface area (Å²) in [5.74, 6) is -0.283. The van der Waals surface area contributed by atoms with E-state index < -0.39 is 20.7 Å². The van der Waals surface area contributed by atoms with Crippen LogP contribution in [0.5, 0.6) is 5.75 Å². The van der Waals surface area contributed by atoms with Crippen LogP contribution in [0.15, 0.2) is 24.3 Å². The summed E-state index contributed by atoms with van der Waals surface area (Å²) in [6.07, 6.45) is 0. The number of halogens is 3. The van der Waals surface area contributed by atoms with Gasteiger partial charge in [0.15, 0.2) is 6.61 Å². The minimum absolute atomic E-state index is 0.0947. The van der Waals surface area contributed by atoms with E-state index in [2.05, 4.69) is 0 Å². The van der Waals surface area contributed by atoms with E-state index in [0.29, 0.717) is 11.3 Å². The highest BCUT2D eigenvalue weighted by atomic mass is 35.6. The molecule has 0 bridgehead atoms. The number of nitrogens with zero attached hydrogens (tertiary/aromatic N) is 1. The summed E-state index contributed by atoms with van der Waals surface area (Å²) in [5.41, 5.74) is 0.556. The monoisotopic (exact) mass is 295 g/mol. The second-order valence-corrected chi connectivity index (χ2v) is 6.09. The van der Waals surface area contributed by atoms with Crippen LogP contribution in [0.1, 0.15) is 11.5 Å². The van der Waals surface area contributed by atoms with Crippen molar-refractivity contribution >= 4 is 34.8 Å². The molecule has 1 aromatic carbocycles. The third-order valence-electron chi connectivity index (χ3n) is 2.67. The van der Waals surface area contributed by atoms with Crippen LogP contribution in [0.4, 0.5) is 0 Å². The first-order valence-corrected chi connectivity index (χ1v) is 5.96. The highest BCUT2D eigenvalue weighted by Crippen LogP contribution is 2.48. The molecule has 1 heterocycles. The molecule has 1 aliphatic rings. The summed E-state index contributed by atoms with van der Waals surface area (Å²) in [5, 5.41) is 11.0. The molecule has 7 heteroatoms. The van der Waals surface area contributed by atoms with Crippen molar-refractivity contribution in [2.24, 2.45) is 0 Å². The van der Waals surface area contributed by atoms with Gasteiger partial charge in [0.2, 0.25) is 3.79 Å². The van der Waals surface area contributed by atoms with E-state index in [1.165, 1.54) is 0 Å². The molecule has 1 aromatic rings. The number of hydrogen-bond donors (Lipinski definition) is 0. The van der Waals surface area contributed by atoms with Gasteiger partial charge in [0.05, 0.1) is 0 Å². The Kier molecular flexibility index (Phi) is 3.39. The van der Waals surface area contributed by atoms with Crippen LogP contribution in [0.3, 0.4) is 0 Å². The molecule has 0 unspecified atom stereocenters. The van der Waals surface area contributed by atoms with Gasteiger partial charge < -0.3 is 4.74 Å². The first-order valence-electron chi connectivity index (χ1n) is 4.83. The zero-order valence-corrected chi connectivity index (χ0v) is 10.7. The third kappa shape index (κ3) is 2.44. The fourth-order valence-electron chi connectivity index (χ4n) is 1.92. The van der Waals surface area contributed by atoms with E-state index in [1.807, 2.05) is 0 Å². The summed E-state index contributed by atoms with van der Waals surface area (Å²) < 4.78 is 3.57. The number of para-hydroxylation sites is 1. The number of rotatable bonds is 1. The van der Waals surface area contributed by atoms with Crippen molar-refractivity contribution < 1.29 is 9.66 Å². The molecule has 0 amide bonds. The molecule has 0 aliphatic carbocycles. The van der Waals surface area contributed by atoms with E-state index in [9.17, 15) is 10.1 Å². The van der Waals surface area contributed by atoms with Crippen molar-refractivity contribution in [2.75, 3.05) is 6.61 Å². The van der Waals surface area contributed by atoms with Crippen LogP contribution >= 0.6 is 34.8 Å². The standard InChI is InChI=1S/C10H8Cl3NO3/c11-10(12,13)9-6-3-1-2-4-8(6)17-5-7(9)14(15)16/h1-4,7,9H,5H2/t7-,9-/m1/s1. The largest absolute Gasteiger partial charge is 0.486 e. The van der Waals surface area contributed by atoms with Gasteiger partial charge in [-0.2, -0.15) is 0 Å². The fourth-order valence-corrected chi connectivity index (χ4v) is 2.71. The molecule has 0 saturated carbocycles. The van der Waals surface area contributed by atoms with Gasteiger partial charge in [-0.25, -0.2) is 0 Å². The predicted octanol–water partition coefficient (Wildman–Crippen LogP) is 3.18. The van der Waals surface area contributed by atoms with E-state index >= 15 is 0 Å². The van der Waals surface area contributed by atoms with E-state index in [0.717, 1.165) is 0 Å². The summed E-state index contributed by atoms with van der Waals surface area (Å²) in [6.45, 7) is -0.0947. The molecular formula is C10H8Cl3NO3. The Morgan fingerprint density at radius 2 is 2.00 bits per heavy atom. The topological polar surface area (TPSA) is 52.4 Å². The Morgan fingerprint density at radius 3 is 2.59 bits per heavy atom. The number of hydrogen-bond acceptors (Lipinski definition) is 3. The van der Waals surface area contributed by atoms with E-state index in [-0.39, 0.29) is 6.61 Å². The van der Waals surface area contributed by atoms with Gasteiger partial charge in [-0.3, -0.25) is 10.1 Å².